The first-order chi connectivity index (χ1) is 9.65. The Morgan fingerprint density at radius 2 is 1.95 bits per heavy atom. The van der Waals surface area contributed by atoms with Crippen molar-refractivity contribution >= 4 is 30.3 Å². The van der Waals surface area contributed by atoms with Crippen molar-refractivity contribution in [3.05, 3.63) is 59.7 Å². The first kappa shape index (κ1) is 13.0. The number of carbonyl (C=O) groups is 1. The summed E-state index contributed by atoms with van der Waals surface area (Å²) in [7, 11) is 0. The van der Waals surface area contributed by atoms with Gasteiger partial charge >= 0.3 is 118 Å². The average Bonchev–Trinajstić information content (AvgIpc) is 2.85. The van der Waals surface area contributed by atoms with E-state index in [-0.39, 0.29) is 20.6 Å². The van der Waals surface area contributed by atoms with E-state index in [0.717, 1.165) is 27.8 Å². The summed E-state index contributed by atoms with van der Waals surface area (Å²) in [6.07, 6.45) is 0. The fraction of sp³-hybridized carbons (Fsp3) is 0. The molecule has 1 heterocycles. The van der Waals surface area contributed by atoms with Gasteiger partial charge in [0, 0.05) is 0 Å². The molecule has 0 spiro atoms. The first-order valence-electron chi connectivity index (χ1n) is 5.67. The summed E-state index contributed by atoms with van der Waals surface area (Å²) in [4.78, 5) is 11.9. The van der Waals surface area contributed by atoms with Crippen molar-refractivity contribution < 1.29 is 18.3 Å². The number of aromatic nitrogens is 1. The van der Waals surface area contributed by atoms with E-state index in [1.165, 1.54) is 0 Å². The summed E-state index contributed by atoms with van der Waals surface area (Å²) >= 11 is -0.160. The summed E-state index contributed by atoms with van der Waals surface area (Å²) < 4.78 is 36.8. The molecule has 0 N–H and O–H groups in total. The van der Waals surface area contributed by atoms with Crippen LogP contribution in [0.1, 0.15) is 10.4 Å². The van der Waals surface area contributed by atoms with Gasteiger partial charge in [0.15, 0.2) is 0 Å². The second kappa shape index (κ2) is 5.15. The quantitative estimate of drug-likeness (QED) is 0.533. The van der Waals surface area contributed by atoms with E-state index >= 15 is 0 Å². The monoisotopic (exact) mass is 339 g/mol. The van der Waals surface area contributed by atoms with Crippen LogP contribution in [0.3, 0.4) is 0 Å². The van der Waals surface area contributed by atoms with Crippen LogP contribution in [0.4, 0.5) is 8.78 Å². The molecule has 6 heteroatoms. The molecule has 0 radical (unpaired) electrons. The van der Waals surface area contributed by atoms with E-state index in [0.29, 0.717) is 0 Å². The molecule has 3 nitrogen and oxygen atoms in total. The van der Waals surface area contributed by atoms with Crippen molar-refractivity contribution in [1.29, 1.82) is 0 Å². The van der Waals surface area contributed by atoms with Crippen LogP contribution < -0.4 is 4.74 Å². The predicted octanol–water partition coefficient (Wildman–Crippen LogP) is 2.79. The topological polar surface area (TPSA) is 39.2 Å². The second-order valence-corrected chi connectivity index (χ2v) is 5.69. The number of rotatable bonds is 2. The van der Waals surface area contributed by atoms with E-state index in [1.807, 2.05) is 12.1 Å². The molecule has 0 unspecified atom stereocenters. The number of nitrogens with zero attached hydrogens (tertiary/aromatic N) is 1. The number of hydrogen-bond acceptors (Lipinski definition) is 3. The van der Waals surface area contributed by atoms with Crippen LogP contribution >= 0.6 is 0 Å². The third-order valence-corrected chi connectivity index (χ3v) is 4.38. The van der Waals surface area contributed by atoms with Crippen LogP contribution in [-0.4, -0.2) is 24.7 Å². The minimum absolute atomic E-state index is 0.160. The van der Waals surface area contributed by atoms with Gasteiger partial charge in [0.05, 0.1) is 0 Å². The molecule has 0 aliphatic heterocycles. The zero-order valence-electron chi connectivity index (χ0n) is 9.97. The maximum atomic E-state index is 13.5. The molecule has 0 fully saturated rings. The standard InChI is InChI=1S/C14H7F2NO2Se/c15-8-5-6-11(16)10(7-8)14(18)19-13-9-3-1-2-4-12(9)20-17-13/h1-7H. The summed E-state index contributed by atoms with van der Waals surface area (Å²) in [6, 6.07) is 9.97. The second-order valence-electron chi connectivity index (χ2n) is 4.00. The third-order valence-electron chi connectivity index (χ3n) is 2.68. The van der Waals surface area contributed by atoms with Crippen LogP contribution in [-0.2, 0) is 0 Å². The van der Waals surface area contributed by atoms with Gasteiger partial charge in [-0.1, -0.05) is 0 Å². The van der Waals surface area contributed by atoms with Crippen molar-refractivity contribution in [2.75, 3.05) is 0 Å². The Balaban J connectivity index is 1.94. The molecule has 0 amide bonds. The van der Waals surface area contributed by atoms with Crippen LogP contribution in [0.25, 0.3) is 9.65 Å². The molecule has 100 valence electrons. The number of ether oxygens (including phenoxy) is 1. The first-order valence-corrected chi connectivity index (χ1v) is 7.29. The van der Waals surface area contributed by atoms with Crippen LogP contribution in [0.15, 0.2) is 42.5 Å². The van der Waals surface area contributed by atoms with Gasteiger partial charge in [-0.25, -0.2) is 0 Å². The number of carbonyl (C=O) groups excluding carboxylic acids is 1. The van der Waals surface area contributed by atoms with Crippen molar-refractivity contribution in [2.45, 2.75) is 0 Å². The zero-order valence-corrected chi connectivity index (χ0v) is 11.7. The number of hydrogen-bond donors (Lipinski definition) is 0. The average molecular weight is 338 g/mol. The molecular weight excluding hydrogens is 331 g/mol. The minimum atomic E-state index is -0.951. The Morgan fingerprint density at radius 3 is 2.80 bits per heavy atom. The molecule has 0 aliphatic rings. The summed E-state index contributed by atoms with van der Waals surface area (Å²) in [6.45, 7) is 0. The van der Waals surface area contributed by atoms with E-state index in [9.17, 15) is 13.6 Å². The number of fused-ring (bicyclic) bond motifs is 1. The van der Waals surface area contributed by atoms with Crippen LogP contribution in [0.5, 0.6) is 5.88 Å². The summed E-state index contributed by atoms with van der Waals surface area (Å²) in [5.41, 5.74) is -0.440. The molecule has 2 aromatic carbocycles. The fourth-order valence-corrected chi connectivity index (χ4v) is 3.22. The Kier molecular flexibility index (Phi) is 3.34. The number of esters is 1. The zero-order chi connectivity index (χ0) is 14.1. The number of benzene rings is 2. The molecule has 3 rings (SSSR count). The van der Waals surface area contributed by atoms with Gasteiger partial charge in [0.2, 0.25) is 0 Å². The van der Waals surface area contributed by atoms with Crippen molar-refractivity contribution in [3.63, 3.8) is 0 Å². The molecule has 0 bridgehead atoms. The van der Waals surface area contributed by atoms with Crippen molar-refractivity contribution in [2.24, 2.45) is 0 Å². The molecule has 0 atom stereocenters. The van der Waals surface area contributed by atoms with Crippen LogP contribution in [0.2, 0.25) is 0 Å². The van der Waals surface area contributed by atoms with Crippen molar-refractivity contribution in [1.82, 2.24) is 3.98 Å². The van der Waals surface area contributed by atoms with Gasteiger partial charge < -0.3 is 0 Å². The van der Waals surface area contributed by atoms with Crippen molar-refractivity contribution in [3.8, 4) is 5.88 Å². The molecule has 0 saturated carbocycles. The van der Waals surface area contributed by atoms with Gasteiger partial charge in [-0.05, 0) is 0 Å². The summed E-state index contributed by atoms with van der Waals surface area (Å²) in [5.74, 6) is -2.31. The van der Waals surface area contributed by atoms with E-state index in [4.69, 9.17) is 4.74 Å². The van der Waals surface area contributed by atoms with Gasteiger partial charge in [0.25, 0.3) is 0 Å². The molecule has 20 heavy (non-hydrogen) atoms. The van der Waals surface area contributed by atoms with E-state index in [1.54, 1.807) is 12.1 Å². The van der Waals surface area contributed by atoms with Gasteiger partial charge in [-0.2, -0.15) is 0 Å². The predicted molar refractivity (Wildman–Crippen MR) is 70.0 cm³/mol. The Morgan fingerprint density at radius 1 is 1.15 bits per heavy atom. The normalized spacial score (nSPS) is 10.7. The number of halogens is 2. The molecular formula is C14H7F2NO2Se. The fourth-order valence-electron chi connectivity index (χ4n) is 1.73. The van der Waals surface area contributed by atoms with E-state index < -0.39 is 23.2 Å². The summed E-state index contributed by atoms with van der Waals surface area (Å²) in [5, 5.41) is 0.720. The SMILES string of the molecule is O=C(Oc1n[se]c2ccccc12)c1cc(F)ccc1F. The Hall–Kier alpha value is -2.04. The molecule has 3 aromatic rings. The maximum absolute atomic E-state index is 13.5. The Labute approximate surface area is 118 Å². The van der Waals surface area contributed by atoms with E-state index in [2.05, 4.69) is 3.98 Å². The van der Waals surface area contributed by atoms with Gasteiger partial charge in [0.1, 0.15) is 0 Å². The Bertz CT molecular complexity index is 801. The molecule has 0 saturated heterocycles. The molecule has 1 aromatic heterocycles. The van der Waals surface area contributed by atoms with Gasteiger partial charge in [-0.15, -0.1) is 0 Å². The third kappa shape index (κ3) is 2.35. The van der Waals surface area contributed by atoms with Crippen LogP contribution in [0, 0.1) is 11.6 Å². The van der Waals surface area contributed by atoms with Gasteiger partial charge in [-0.3, -0.25) is 0 Å². The molecule has 0 aliphatic carbocycles.